The van der Waals surface area contributed by atoms with Gasteiger partial charge in [-0.2, -0.15) is 5.10 Å². The third-order valence-corrected chi connectivity index (χ3v) is 4.06. The molecule has 1 aliphatic rings. The minimum atomic E-state index is -0.122. The maximum absolute atomic E-state index is 10.3. The summed E-state index contributed by atoms with van der Waals surface area (Å²) in [6, 6.07) is 2.04. The Morgan fingerprint density at radius 2 is 2.06 bits per heavy atom. The van der Waals surface area contributed by atoms with E-state index < -0.39 is 0 Å². The molecule has 0 bridgehead atoms. The molecule has 1 aliphatic carbocycles. The summed E-state index contributed by atoms with van der Waals surface area (Å²) >= 11 is 0. The zero-order valence-corrected chi connectivity index (χ0v) is 10.8. The van der Waals surface area contributed by atoms with Crippen LogP contribution < -0.4 is 0 Å². The monoisotopic (exact) mass is 236 g/mol. The molecular formula is C14H24N2O. The summed E-state index contributed by atoms with van der Waals surface area (Å²) in [5, 5.41) is 14.4. The SMILES string of the molecule is Cn1nccc1CCC(O)C1CCCCCC1. The molecule has 0 aromatic carbocycles. The number of aliphatic hydroxyl groups is 1. The molecule has 1 unspecified atom stereocenters. The zero-order valence-electron chi connectivity index (χ0n) is 10.8. The highest BCUT2D eigenvalue weighted by atomic mass is 16.3. The highest BCUT2D eigenvalue weighted by Gasteiger charge is 2.20. The van der Waals surface area contributed by atoms with Crippen molar-refractivity contribution in [1.29, 1.82) is 0 Å². The molecule has 1 N–H and O–H groups in total. The van der Waals surface area contributed by atoms with Crippen LogP contribution in [0.4, 0.5) is 0 Å². The van der Waals surface area contributed by atoms with Crippen molar-refractivity contribution in [3.63, 3.8) is 0 Å². The van der Waals surface area contributed by atoms with Gasteiger partial charge in [-0.15, -0.1) is 0 Å². The van der Waals surface area contributed by atoms with E-state index in [1.165, 1.54) is 44.2 Å². The Balaban J connectivity index is 1.80. The Bertz CT molecular complexity index is 327. The minimum Gasteiger partial charge on any atom is -0.393 e. The number of aromatic nitrogens is 2. The lowest BCUT2D eigenvalue weighted by atomic mass is 9.91. The van der Waals surface area contributed by atoms with Crippen LogP contribution in [0.25, 0.3) is 0 Å². The van der Waals surface area contributed by atoms with Crippen molar-refractivity contribution in [3.05, 3.63) is 18.0 Å². The van der Waals surface area contributed by atoms with Gasteiger partial charge < -0.3 is 5.11 Å². The molecule has 1 fully saturated rings. The molecule has 0 saturated heterocycles. The highest BCUT2D eigenvalue weighted by molar-refractivity contribution is 5.00. The Kier molecular flexibility index (Phi) is 4.60. The van der Waals surface area contributed by atoms with E-state index in [1.54, 1.807) is 0 Å². The number of aryl methyl sites for hydroxylation is 2. The summed E-state index contributed by atoms with van der Waals surface area (Å²) in [6.07, 6.45) is 11.3. The molecule has 0 spiro atoms. The van der Waals surface area contributed by atoms with Crippen molar-refractivity contribution in [3.8, 4) is 0 Å². The van der Waals surface area contributed by atoms with E-state index >= 15 is 0 Å². The molecule has 0 radical (unpaired) electrons. The second-order valence-electron chi connectivity index (χ2n) is 5.30. The summed E-state index contributed by atoms with van der Waals surface area (Å²) in [5.41, 5.74) is 1.22. The molecule has 1 heterocycles. The predicted molar refractivity (Wildman–Crippen MR) is 68.7 cm³/mol. The molecule has 17 heavy (non-hydrogen) atoms. The van der Waals surface area contributed by atoms with Gasteiger partial charge in [-0.3, -0.25) is 4.68 Å². The van der Waals surface area contributed by atoms with Gasteiger partial charge >= 0.3 is 0 Å². The van der Waals surface area contributed by atoms with Crippen LogP contribution in [0.2, 0.25) is 0 Å². The Morgan fingerprint density at radius 1 is 1.35 bits per heavy atom. The third-order valence-electron chi connectivity index (χ3n) is 4.06. The van der Waals surface area contributed by atoms with Crippen LogP contribution in [0.3, 0.4) is 0 Å². The van der Waals surface area contributed by atoms with Gasteiger partial charge in [0.1, 0.15) is 0 Å². The molecule has 3 nitrogen and oxygen atoms in total. The molecule has 96 valence electrons. The smallest absolute Gasteiger partial charge is 0.0572 e. The first-order valence-corrected chi connectivity index (χ1v) is 6.92. The van der Waals surface area contributed by atoms with Gasteiger partial charge in [-0.1, -0.05) is 25.7 Å². The van der Waals surface area contributed by atoms with E-state index in [4.69, 9.17) is 0 Å². The van der Waals surface area contributed by atoms with Crippen LogP contribution in [0.5, 0.6) is 0 Å². The lowest BCUT2D eigenvalue weighted by Gasteiger charge is -2.21. The van der Waals surface area contributed by atoms with Gasteiger partial charge in [0.25, 0.3) is 0 Å². The molecule has 3 heteroatoms. The molecular weight excluding hydrogens is 212 g/mol. The third kappa shape index (κ3) is 3.56. The standard InChI is InChI=1S/C14H24N2O/c1-16-13(10-11-15-16)8-9-14(17)12-6-4-2-3-5-7-12/h10-12,14,17H,2-9H2,1H3. The minimum absolute atomic E-state index is 0.122. The number of nitrogens with zero attached hydrogens (tertiary/aromatic N) is 2. The number of rotatable bonds is 4. The summed E-state index contributed by atoms with van der Waals surface area (Å²) in [7, 11) is 1.97. The van der Waals surface area contributed by atoms with E-state index in [1.807, 2.05) is 24.0 Å². The van der Waals surface area contributed by atoms with Gasteiger partial charge in [-0.25, -0.2) is 0 Å². The largest absolute Gasteiger partial charge is 0.393 e. The van der Waals surface area contributed by atoms with Crippen LogP contribution in [-0.4, -0.2) is 21.0 Å². The predicted octanol–water partition coefficient (Wildman–Crippen LogP) is 2.68. The summed E-state index contributed by atoms with van der Waals surface area (Å²) in [5.74, 6) is 0.533. The zero-order chi connectivity index (χ0) is 12.1. The molecule has 0 aliphatic heterocycles. The lowest BCUT2D eigenvalue weighted by molar-refractivity contribution is 0.0899. The Labute approximate surface area is 104 Å². The van der Waals surface area contributed by atoms with E-state index in [2.05, 4.69) is 5.10 Å². The van der Waals surface area contributed by atoms with E-state index in [-0.39, 0.29) is 6.10 Å². The second kappa shape index (κ2) is 6.20. The fourth-order valence-electron chi connectivity index (χ4n) is 2.87. The first-order valence-electron chi connectivity index (χ1n) is 6.92. The van der Waals surface area contributed by atoms with Crippen molar-refractivity contribution < 1.29 is 5.11 Å². The van der Waals surface area contributed by atoms with Crippen molar-refractivity contribution >= 4 is 0 Å². The molecule has 2 rings (SSSR count). The van der Waals surface area contributed by atoms with Crippen LogP contribution in [0, 0.1) is 5.92 Å². The maximum atomic E-state index is 10.3. The van der Waals surface area contributed by atoms with Gasteiger partial charge in [0.2, 0.25) is 0 Å². The fourth-order valence-corrected chi connectivity index (χ4v) is 2.87. The Morgan fingerprint density at radius 3 is 2.65 bits per heavy atom. The summed E-state index contributed by atoms with van der Waals surface area (Å²) in [4.78, 5) is 0. The van der Waals surface area contributed by atoms with E-state index in [9.17, 15) is 5.11 Å². The lowest BCUT2D eigenvalue weighted by Crippen LogP contribution is -2.21. The van der Waals surface area contributed by atoms with E-state index in [0.29, 0.717) is 5.92 Å². The van der Waals surface area contributed by atoms with Crippen LogP contribution in [0.15, 0.2) is 12.3 Å². The van der Waals surface area contributed by atoms with Gasteiger partial charge in [0, 0.05) is 18.9 Å². The second-order valence-corrected chi connectivity index (χ2v) is 5.30. The average molecular weight is 236 g/mol. The molecule has 1 aromatic rings. The van der Waals surface area contributed by atoms with E-state index in [0.717, 1.165) is 12.8 Å². The highest BCUT2D eigenvalue weighted by Crippen LogP contribution is 2.27. The number of hydrogen-bond donors (Lipinski definition) is 1. The summed E-state index contributed by atoms with van der Waals surface area (Å²) < 4.78 is 1.90. The number of hydrogen-bond acceptors (Lipinski definition) is 2. The average Bonchev–Trinajstić information content (AvgIpc) is 2.58. The molecule has 0 amide bonds. The van der Waals surface area contributed by atoms with Crippen LogP contribution in [-0.2, 0) is 13.5 Å². The number of aliphatic hydroxyl groups excluding tert-OH is 1. The Hall–Kier alpha value is -0.830. The first kappa shape index (κ1) is 12.6. The topological polar surface area (TPSA) is 38.0 Å². The summed E-state index contributed by atoms with van der Waals surface area (Å²) in [6.45, 7) is 0. The quantitative estimate of drug-likeness (QED) is 0.816. The van der Waals surface area contributed by atoms with Gasteiger partial charge in [-0.05, 0) is 37.7 Å². The molecule has 1 saturated carbocycles. The normalized spacial score (nSPS) is 20.1. The van der Waals surface area contributed by atoms with Crippen LogP contribution in [0.1, 0.15) is 50.6 Å². The van der Waals surface area contributed by atoms with Crippen LogP contribution >= 0.6 is 0 Å². The van der Waals surface area contributed by atoms with Crippen molar-refractivity contribution in [2.75, 3.05) is 0 Å². The molecule has 1 aromatic heterocycles. The van der Waals surface area contributed by atoms with Crippen molar-refractivity contribution in [2.24, 2.45) is 13.0 Å². The first-order chi connectivity index (χ1) is 8.27. The van der Waals surface area contributed by atoms with Gasteiger partial charge in [0.05, 0.1) is 6.10 Å². The maximum Gasteiger partial charge on any atom is 0.0572 e. The van der Waals surface area contributed by atoms with Crippen molar-refractivity contribution in [1.82, 2.24) is 9.78 Å². The van der Waals surface area contributed by atoms with Crippen molar-refractivity contribution in [2.45, 2.75) is 57.5 Å². The van der Waals surface area contributed by atoms with Gasteiger partial charge in [0.15, 0.2) is 0 Å². The fraction of sp³-hybridized carbons (Fsp3) is 0.786. The molecule has 1 atom stereocenters.